The Kier molecular flexibility index (Phi) is 5.81. The summed E-state index contributed by atoms with van der Waals surface area (Å²) in [4.78, 5) is 14.6. The lowest BCUT2D eigenvalue weighted by Gasteiger charge is -2.08. The van der Waals surface area contributed by atoms with Crippen molar-refractivity contribution in [1.82, 2.24) is 15.0 Å². The topological polar surface area (TPSA) is 65.0 Å². The molecule has 0 unspecified atom stereocenters. The first kappa shape index (κ1) is 26.6. The summed E-state index contributed by atoms with van der Waals surface area (Å²) in [6.45, 7) is 0. The maximum absolute atomic E-state index is 6.52. The minimum Gasteiger partial charge on any atom is -0.456 e. The molecule has 0 N–H and O–H groups in total. The van der Waals surface area contributed by atoms with E-state index in [2.05, 4.69) is 84.9 Å². The monoisotopic (exact) mass is 615 g/mol. The van der Waals surface area contributed by atoms with Gasteiger partial charge in [0.2, 0.25) is 0 Å². The van der Waals surface area contributed by atoms with Gasteiger partial charge in [-0.3, -0.25) is 0 Å². The third kappa shape index (κ3) is 4.29. The minimum absolute atomic E-state index is 0.596. The van der Waals surface area contributed by atoms with Gasteiger partial charge in [0.05, 0.1) is 0 Å². The van der Waals surface area contributed by atoms with Crippen LogP contribution in [0.3, 0.4) is 0 Å². The summed E-state index contributed by atoms with van der Waals surface area (Å²) in [5, 5.41) is 6.75. The molecule has 0 saturated heterocycles. The molecule has 3 heterocycles. The van der Waals surface area contributed by atoms with Crippen LogP contribution in [0.4, 0.5) is 0 Å². The van der Waals surface area contributed by atoms with Crippen LogP contribution < -0.4 is 0 Å². The molecule has 0 aliphatic heterocycles. The van der Waals surface area contributed by atoms with Gasteiger partial charge in [-0.25, -0.2) is 15.0 Å². The lowest BCUT2D eigenvalue weighted by atomic mass is 9.99. The van der Waals surface area contributed by atoms with Crippen LogP contribution in [0, 0.1) is 0 Å². The van der Waals surface area contributed by atoms with Crippen LogP contribution in [0.2, 0.25) is 0 Å². The molecule has 10 rings (SSSR count). The number of furan rings is 2. The fourth-order valence-corrected chi connectivity index (χ4v) is 6.76. The SMILES string of the molecule is c1ccc(-c2nc(-c3ccccc3)nc(-c3ccc4c(c3)oc3cc(-c5ccc6oc7ccc8ccccc8c7c6c5)ccc34)n2)cc1. The van der Waals surface area contributed by atoms with Crippen molar-refractivity contribution in [1.29, 1.82) is 0 Å². The first-order valence-electron chi connectivity index (χ1n) is 15.9. The van der Waals surface area contributed by atoms with Gasteiger partial charge in [-0.15, -0.1) is 0 Å². The van der Waals surface area contributed by atoms with Gasteiger partial charge in [0, 0.05) is 38.2 Å². The van der Waals surface area contributed by atoms with Crippen LogP contribution in [0.15, 0.2) is 160 Å². The second kappa shape index (κ2) is 10.5. The highest BCUT2D eigenvalue weighted by Gasteiger charge is 2.16. The van der Waals surface area contributed by atoms with Crippen LogP contribution in [-0.4, -0.2) is 15.0 Å². The smallest absolute Gasteiger partial charge is 0.164 e. The van der Waals surface area contributed by atoms with Gasteiger partial charge in [0.15, 0.2) is 17.5 Å². The molecular formula is C43H25N3O2. The quantitative estimate of drug-likeness (QED) is 0.197. The van der Waals surface area contributed by atoms with E-state index in [-0.39, 0.29) is 0 Å². The third-order valence-corrected chi connectivity index (χ3v) is 9.12. The molecule has 0 saturated carbocycles. The van der Waals surface area contributed by atoms with E-state index in [9.17, 15) is 0 Å². The maximum Gasteiger partial charge on any atom is 0.164 e. The van der Waals surface area contributed by atoms with Crippen molar-refractivity contribution in [2.45, 2.75) is 0 Å². The Hall–Kier alpha value is -6.59. The second-order valence-electron chi connectivity index (χ2n) is 12.0. The molecule has 10 aromatic rings. The summed E-state index contributed by atoms with van der Waals surface area (Å²) in [5.41, 5.74) is 8.31. The van der Waals surface area contributed by atoms with Crippen molar-refractivity contribution in [2.24, 2.45) is 0 Å². The van der Waals surface area contributed by atoms with Crippen molar-refractivity contribution in [3.8, 4) is 45.3 Å². The van der Waals surface area contributed by atoms with Crippen LogP contribution in [0.1, 0.15) is 0 Å². The van der Waals surface area contributed by atoms with Crippen LogP contribution >= 0.6 is 0 Å². The highest BCUT2D eigenvalue weighted by molar-refractivity contribution is 6.19. The van der Waals surface area contributed by atoms with E-state index in [1.54, 1.807) is 0 Å². The van der Waals surface area contributed by atoms with E-state index >= 15 is 0 Å². The molecular weight excluding hydrogens is 590 g/mol. The molecule has 0 aliphatic carbocycles. The zero-order valence-corrected chi connectivity index (χ0v) is 25.6. The van der Waals surface area contributed by atoms with Gasteiger partial charge in [-0.05, 0) is 64.4 Å². The largest absolute Gasteiger partial charge is 0.456 e. The summed E-state index contributed by atoms with van der Waals surface area (Å²) < 4.78 is 12.8. The average Bonchev–Trinajstić information content (AvgIpc) is 3.72. The number of hydrogen-bond acceptors (Lipinski definition) is 5. The summed E-state index contributed by atoms with van der Waals surface area (Å²) in [6, 6.07) is 51.7. The number of benzene rings is 7. The van der Waals surface area contributed by atoms with E-state index in [4.69, 9.17) is 23.8 Å². The Bertz CT molecular complexity index is 2780. The number of rotatable bonds is 4. The summed E-state index contributed by atoms with van der Waals surface area (Å²) in [7, 11) is 0. The highest BCUT2D eigenvalue weighted by atomic mass is 16.3. The lowest BCUT2D eigenvalue weighted by Crippen LogP contribution is -2.00. The first-order chi connectivity index (χ1) is 23.7. The molecule has 0 amide bonds. The predicted molar refractivity (Wildman–Crippen MR) is 194 cm³/mol. The van der Waals surface area contributed by atoms with Crippen molar-refractivity contribution in [3.05, 3.63) is 152 Å². The molecule has 5 heteroatoms. The molecule has 5 nitrogen and oxygen atoms in total. The molecule has 0 bridgehead atoms. The van der Waals surface area contributed by atoms with Gasteiger partial charge in [-0.2, -0.15) is 0 Å². The fourth-order valence-electron chi connectivity index (χ4n) is 6.76. The lowest BCUT2D eigenvalue weighted by molar-refractivity contribution is 0.669. The Labute approximate surface area is 274 Å². The molecule has 0 fully saturated rings. The highest BCUT2D eigenvalue weighted by Crippen LogP contribution is 2.39. The van der Waals surface area contributed by atoms with Gasteiger partial charge in [0.25, 0.3) is 0 Å². The zero-order chi connectivity index (χ0) is 31.6. The second-order valence-corrected chi connectivity index (χ2v) is 12.0. The van der Waals surface area contributed by atoms with Gasteiger partial charge >= 0.3 is 0 Å². The Balaban J connectivity index is 1.08. The first-order valence-corrected chi connectivity index (χ1v) is 15.9. The minimum atomic E-state index is 0.596. The summed E-state index contributed by atoms with van der Waals surface area (Å²) in [5.74, 6) is 1.85. The fraction of sp³-hybridized carbons (Fsp3) is 0. The number of fused-ring (bicyclic) bond motifs is 8. The Morgan fingerprint density at radius 3 is 1.54 bits per heavy atom. The molecule has 0 radical (unpaired) electrons. The molecule has 224 valence electrons. The van der Waals surface area contributed by atoms with E-state index in [0.29, 0.717) is 17.5 Å². The molecule has 0 aliphatic rings. The number of hydrogen-bond donors (Lipinski definition) is 0. The van der Waals surface area contributed by atoms with E-state index in [1.807, 2.05) is 66.7 Å². The summed E-state index contributed by atoms with van der Waals surface area (Å²) >= 11 is 0. The average molecular weight is 616 g/mol. The van der Waals surface area contributed by atoms with E-state index in [0.717, 1.165) is 71.7 Å². The molecule has 0 atom stereocenters. The normalized spacial score (nSPS) is 11.8. The van der Waals surface area contributed by atoms with Gasteiger partial charge < -0.3 is 8.83 Å². The predicted octanol–water partition coefficient (Wildman–Crippen LogP) is 11.5. The Morgan fingerprint density at radius 1 is 0.312 bits per heavy atom. The van der Waals surface area contributed by atoms with E-state index < -0.39 is 0 Å². The number of nitrogens with zero attached hydrogens (tertiary/aromatic N) is 3. The maximum atomic E-state index is 6.52. The molecule has 0 spiro atoms. The summed E-state index contributed by atoms with van der Waals surface area (Å²) in [6.07, 6.45) is 0. The van der Waals surface area contributed by atoms with Crippen molar-refractivity contribution >= 4 is 54.6 Å². The van der Waals surface area contributed by atoms with Gasteiger partial charge in [0.1, 0.15) is 22.3 Å². The van der Waals surface area contributed by atoms with Crippen molar-refractivity contribution in [3.63, 3.8) is 0 Å². The number of aromatic nitrogens is 3. The van der Waals surface area contributed by atoms with Gasteiger partial charge in [-0.1, -0.05) is 109 Å². The van der Waals surface area contributed by atoms with Crippen molar-refractivity contribution < 1.29 is 8.83 Å². The zero-order valence-electron chi connectivity index (χ0n) is 25.6. The molecule has 3 aromatic heterocycles. The van der Waals surface area contributed by atoms with Crippen LogP contribution in [0.25, 0.3) is 99.9 Å². The third-order valence-electron chi connectivity index (χ3n) is 9.12. The molecule has 48 heavy (non-hydrogen) atoms. The van der Waals surface area contributed by atoms with Crippen LogP contribution in [0.5, 0.6) is 0 Å². The van der Waals surface area contributed by atoms with Crippen molar-refractivity contribution in [2.75, 3.05) is 0 Å². The van der Waals surface area contributed by atoms with E-state index in [1.165, 1.54) is 10.8 Å². The Morgan fingerprint density at radius 2 is 0.833 bits per heavy atom. The van der Waals surface area contributed by atoms with Crippen LogP contribution in [-0.2, 0) is 0 Å². The molecule has 7 aromatic carbocycles. The standard InChI is InChI=1S/C43H25N3O2/c1-3-10-27(11-4-1)41-44-42(28-12-5-2-6-13-28)46-43(45-41)31-16-20-34-33-19-15-30(24-38(33)48-39(34)25-31)29-18-21-36-35(23-29)40-32-14-8-7-9-26(32)17-22-37(40)47-36/h1-25H.